The lowest BCUT2D eigenvalue weighted by Crippen LogP contribution is -2.37. The van der Waals surface area contributed by atoms with Gasteiger partial charge in [0.1, 0.15) is 5.75 Å². The summed E-state index contributed by atoms with van der Waals surface area (Å²) in [4.78, 5) is 23.3. The van der Waals surface area contributed by atoms with E-state index in [1.165, 1.54) is 25.1 Å². The predicted molar refractivity (Wildman–Crippen MR) is 64.1 cm³/mol. The molecule has 1 aliphatic rings. The van der Waals surface area contributed by atoms with Crippen LogP contribution in [-0.2, 0) is 9.53 Å². The van der Waals surface area contributed by atoms with Crippen molar-refractivity contribution in [3.05, 3.63) is 29.8 Å². The van der Waals surface area contributed by atoms with Gasteiger partial charge in [0, 0.05) is 6.04 Å². The first-order chi connectivity index (χ1) is 8.56. The molecule has 2 N–H and O–H groups in total. The summed E-state index contributed by atoms with van der Waals surface area (Å²) < 4.78 is 5.02. The number of benzene rings is 1. The molecular formula is C13H15NO4. The van der Waals surface area contributed by atoms with E-state index in [9.17, 15) is 14.7 Å². The molecule has 1 saturated carbocycles. The highest BCUT2D eigenvalue weighted by Crippen LogP contribution is 2.19. The van der Waals surface area contributed by atoms with E-state index >= 15 is 0 Å². The van der Waals surface area contributed by atoms with Crippen LogP contribution in [0.1, 0.15) is 30.1 Å². The second-order valence-electron chi connectivity index (χ2n) is 4.38. The maximum Gasteiger partial charge on any atom is 0.339 e. The van der Waals surface area contributed by atoms with Gasteiger partial charge in [-0.25, -0.2) is 4.79 Å². The molecule has 5 nitrogen and oxygen atoms in total. The summed E-state index contributed by atoms with van der Waals surface area (Å²) in [7, 11) is 0. The lowest BCUT2D eigenvalue weighted by atomic mass is 10.2. The molecule has 0 bridgehead atoms. The highest BCUT2D eigenvalue weighted by Gasteiger charge is 2.27. The van der Waals surface area contributed by atoms with Crippen molar-refractivity contribution in [3.8, 4) is 5.75 Å². The van der Waals surface area contributed by atoms with E-state index in [4.69, 9.17) is 4.74 Å². The molecule has 0 heterocycles. The molecule has 0 aromatic heterocycles. The number of phenolic OH excluding ortho intramolecular Hbond substituents is 1. The molecule has 0 aliphatic heterocycles. The number of carbonyl (C=O) groups excluding carboxylic acids is 2. The van der Waals surface area contributed by atoms with Gasteiger partial charge in [-0.05, 0) is 38.0 Å². The normalized spacial score (nSPS) is 15.8. The summed E-state index contributed by atoms with van der Waals surface area (Å²) in [5.41, 5.74) is 0.223. The third-order valence-electron chi connectivity index (χ3n) is 2.66. The Labute approximate surface area is 105 Å². The molecular weight excluding hydrogens is 234 g/mol. The monoisotopic (exact) mass is 249 g/mol. The number of ether oxygens (including phenoxy) is 1. The minimum absolute atomic E-state index is 0.0143. The third-order valence-corrected chi connectivity index (χ3v) is 2.66. The van der Waals surface area contributed by atoms with Crippen LogP contribution >= 0.6 is 0 Å². The molecule has 0 unspecified atom stereocenters. The Bertz CT molecular complexity index is 468. The van der Waals surface area contributed by atoms with Gasteiger partial charge in [-0.15, -0.1) is 0 Å². The zero-order chi connectivity index (χ0) is 13.1. The average molecular weight is 249 g/mol. The van der Waals surface area contributed by atoms with Crippen molar-refractivity contribution in [2.45, 2.75) is 31.9 Å². The summed E-state index contributed by atoms with van der Waals surface area (Å²) in [6.45, 7) is 1.53. The summed E-state index contributed by atoms with van der Waals surface area (Å²) in [6.07, 6.45) is 1.14. The second-order valence-corrected chi connectivity index (χ2v) is 4.38. The van der Waals surface area contributed by atoms with Crippen molar-refractivity contribution in [2.24, 2.45) is 0 Å². The van der Waals surface area contributed by atoms with Crippen LogP contribution < -0.4 is 5.32 Å². The molecule has 0 spiro atoms. The number of amides is 1. The van der Waals surface area contributed by atoms with E-state index < -0.39 is 12.1 Å². The van der Waals surface area contributed by atoms with Gasteiger partial charge in [0.25, 0.3) is 5.91 Å². The van der Waals surface area contributed by atoms with Gasteiger partial charge in [0.2, 0.25) is 0 Å². The number of hydrogen-bond acceptors (Lipinski definition) is 4. The molecule has 1 atom stereocenters. The van der Waals surface area contributed by atoms with Gasteiger partial charge >= 0.3 is 5.97 Å². The average Bonchev–Trinajstić information content (AvgIpc) is 3.12. The zero-order valence-corrected chi connectivity index (χ0v) is 10.1. The van der Waals surface area contributed by atoms with Gasteiger partial charge in [0.15, 0.2) is 6.10 Å². The zero-order valence-electron chi connectivity index (χ0n) is 10.1. The molecule has 0 saturated heterocycles. The number of esters is 1. The molecule has 96 valence electrons. The van der Waals surface area contributed by atoms with Crippen LogP contribution in [0, 0.1) is 0 Å². The van der Waals surface area contributed by atoms with E-state index in [0.29, 0.717) is 0 Å². The minimum Gasteiger partial charge on any atom is -0.508 e. The number of phenols is 1. The minimum atomic E-state index is -0.833. The van der Waals surface area contributed by atoms with E-state index in [2.05, 4.69) is 5.32 Å². The fourth-order valence-electron chi connectivity index (χ4n) is 1.46. The molecule has 2 rings (SSSR count). The van der Waals surface area contributed by atoms with Crippen molar-refractivity contribution in [3.63, 3.8) is 0 Å². The quantitative estimate of drug-likeness (QED) is 0.787. The van der Waals surface area contributed by atoms with Crippen LogP contribution in [0.4, 0.5) is 0 Å². The molecule has 1 amide bonds. The van der Waals surface area contributed by atoms with Crippen molar-refractivity contribution < 1.29 is 19.4 Å². The highest BCUT2D eigenvalue weighted by atomic mass is 16.5. The van der Waals surface area contributed by atoms with Gasteiger partial charge in [-0.1, -0.05) is 6.07 Å². The number of hydrogen-bond donors (Lipinski definition) is 2. The fraction of sp³-hybridized carbons (Fsp3) is 0.385. The van der Waals surface area contributed by atoms with Crippen LogP contribution in [0.25, 0.3) is 0 Å². The largest absolute Gasteiger partial charge is 0.508 e. The van der Waals surface area contributed by atoms with Crippen molar-refractivity contribution >= 4 is 11.9 Å². The second kappa shape index (κ2) is 5.08. The summed E-state index contributed by atoms with van der Waals surface area (Å²) in [6, 6.07) is 6.06. The van der Waals surface area contributed by atoms with Crippen molar-refractivity contribution in [1.29, 1.82) is 0 Å². The van der Waals surface area contributed by atoms with Crippen LogP contribution in [0.3, 0.4) is 0 Å². The summed E-state index contributed by atoms with van der Waals surface area (Å²) >= 11 is 0. The van der Waals surface area contributed by atoms with E-state index in [0.717, 1.165) is 12.8 Å². The Morgan fingerprint density at radius 1 is 1.44 bits per heavy atom. The molecule has 1 aromatic rings. The molecule has 1 aromatic carbocycles. The molecule has 0 radical (unpaired) electrons. The first kappa shape index (κ1) is 12.4. The summed E-state index contributed by atoms with van der Waals surface area (Å²) in [5, 5.41) is 12.0. The Kier molecular flexibility index (Phi) is 3.50. The SMILES string of the molecule is C[C@@H](OC(=O)c1cccc(O)c1)C(=O)NC1CC1. The predicted octanol–water partition coefficient (Wildman–Crippen LogP) is 1.22. The van der Waals surface area contributed by atoms with Crippen molar-refractivity contribution in [2.75, 3.05) is 0 Å². The number of carbonyl (C=O) groups is 2. The Hall–Kier alpha value is -2.04. The maximum absolute atomic E-state index is 11.7. The van der Waals surface area contributed by atoms with Crippen LogP contribution in [0.5, 0.6) is 5.75 Å². The Morgan fingerprint density at radius 3 is 2.78 bits per heavy atom. The fourth-order valence-corrected chi connectivity index (χ4v) is 1.46. The van der Waals surface area contributed by atoms with Gasteiger partial charge < -0.3 is 15.2 Å². The maximum atomic E-state index is 11.7. The van der Waals surface area contributed by atoms with Gasteiger partial charge in [0.05, 0.1) is 5.56 Å². The topological polar surface area (TPSA) is 75.6 Å². The first-order valence-electron chi connectivity index (χ1n) is 5.86. The Balaban J connectivity index is 1.91. The van der Waals surface area contributed by atoms with Crippen molar-refractivity contribution in [1.82, 2.24) is 5.32 Å². The lowest BCUT2D eigenvalue weighted by molar-refractivity contribution is -0.129. The van der Waals surface area contributed by atoms with Crippen LogP contribution in [0.15, 0.2) is 24.3 Å². The van der Waals surface area contributed by atoms with Crippen LogP contribution in [0.2, 0.25) is 0 Å². The highest BCUT2D eigenvalue weighted by molar-refractivity contribution is 5.92. The van der Waals surface area contributed by atoms with E-state index in [1.807, 2.05) is 0 Å². The van der Waals surface area contributed by atoms with Gasteiger partial charge in [-0.3, -0.25) is 4.79 Å². The first-order valence-corrected chi connectivity index (χ1v) is 5.86. The van der Waals surface area contributed by atoms with Gasteiger partial charge in [-0.2, -0.15) is 0 Å². The Morgan fingerprint density at radius 2 is 2.17 bits per heavy atom. The standard InChI is InChI=1S/C13H15NO4/c1-8(12(16)14-10-5-6-10)18-13(17)9-3-2-4-11(15)7-9/h2-4,7-8,10,15H,5-6H2,1H3,(H,14,16)/t8-/m1/s1. The smallest absolute Gasteiger partial charge is 0.339 e. The van der Waals surface area contributed by atoms with Crippen LogP contribution in [-0.4, -0.2) is 29.1 Å². The number of nitrogens with one attached hydrogen (secondary N) is 1. The molecule has 5 heteroatoms. The van der Waals surface area contributed by atoms with E-state index in [-0.39, 0.29) is 23.3 Å². The van der Waals surface area contributed by atoms with E-state index in [1.54, 1.807) is 6.07 Å². The molecule has 1 aliphatic carbocycles. The number of aromatic hydroxyl groups is 1. The molecule has 1 fully saturated rings. The lowest BCUT2D eigenvalue weighted by Gasteiger charge is -2.13. The molecule has 18 heavy (non-hydrogen) atoms. The third kappa shape index (κ3) is 3.23. The summed E-state index contributed by atoms with van der Waals surface area (Å²) in [5.74, 6) is -0.921. The number of rotatable bonds is 4.